The molecule has 0 aliphatic heterocycles. The molecule has 0 atom stereocenters. The number of anilines is 1. The monoisotopic (exact) mass is 283 g/mol. The highest BCUT2D eigenvalue weighted by atomic mass is 16.3. The molecule has 0 aliphatic carbocycles. The molecule has 2 rings (SSSR count). The van der Waals surface area contributed by atoms with Gasteiger partial charge in [-0.1, -0.05) is 25.1 Å². The van der Waals surface area contributed by atoms with Crippen LogP contribution in [0.5, 0.6) is 11.5 Å². The third kappa shape index (κ3) is 3.78. The van der Waals surface area contributed by atoms with Crippen LogP contribution in [-0.2, 0) is 0 Å². The van der Waals surface area contributed by atoms with E-state index in [1.165, 1.54) is 6.07 Å². The molecule has 0 bridgehead atoms. The van der Waals surface area contributed by atoms with Gasteiger partial charge in [-0.25, -0.2) is 0 Å². The third-order valence-electron chi connectivity index (χ3n) is 3.40. The van der Waals surface area contributed by atoms with E-state index in [0.717, 1.165) is 28.8 Å². The van der Waals surface area contributed by atoms with E-state index in [1.54, 1.807) is 12.1 Å². The first-order chi connectivity index (χ1) is 9.99. The molecule has 0 radical (unpaired) electrons. The molecule has 0 saturated heterocycles. The molecule has 2 N–H and O–H groups in total. The summed E-state index contributed by atoms with van der Waals surface area (Å²) in [5.41, 5.74) is 4.25. The van der Waals surface area contributed by atoms with Gasteiger partial charge in [0.15, 0.2) is 0 Å². The van der Waals surface area contributed by atoms with E-state index in [0.29, 0.717) is 0 Å². The zero-order valence-electron chi connectivity index (χ0n) is 12.7. The topological polar surface area (TPSA) is 43.7 Å². The minimum absolute atomic E-state index is 0.0691. The quantitative estimate of drug-likeness (QED) is 0.830. The number of phenols is 2. The minimum atomic E-state index is 0.0691. The molecule has 21 heavy (non-hydrogen) atoms. The molecular weight excluding hydrogens is 262 g/mol. The molecule has 0 heterocycles. The number of phenolic OH excluding ortho intramolecular Hbond substituents is 2. The average Bonchev–Trinajstić information content (AvgIpc) is 2.44. The summed E-state index contributed by atoms with van der Waals surface area (Å²) in [6, 6.07) is 13.0. The number of allylic oxidation sites excluding steroid dienone is 1. The molecular formula is C18H21NO2. The van der Waals surface area contributed by atoms with Crippen molar-refractivity contribution in [2.45, 2.75) is 13.3 Å². The summed E-state index contributed by atoms with van der Waals surface area (Å²) in [5.74, 6) is 0.138. The van der Waals surface area contributed by atoms with Gasteiger partial charge in [-0.15, -0.1) is 0 Å². The Balaban J connectivity index is 2.36. The van der Waals surface area contributed by atoms with Crippen LogP contribution >= 0.6 is 0 Å². The van der Waals surface area contributed by atoms with Crippen molar-refractivity contribution in [1.82, 2.24) is 0 Å². The standard InChI is InChI=1S/C18H21NO2/c1-4-14(9-13-10-17(20)12-18(21)11-13)15-5-7-16(8-6-15)19(2)3/h5-12,20-21H,4H2,1-3H3/b14-9+. The van der Waals surface area contributed by atoms with Crippen LogP contribution in [-0.4, -0.2) is 24.3 Å². The second-order valence-corrected chi connectivity index (χ2v) is 5.25. The van der Waals surface area contributed by atoms with E-state index >= 15 is 0 Å². The Hall–Kier alpha value is -2.42. The van der Waals surface area contributed by atoms with Gasteiger partial charge in [0.1, 0.15) is 11.5 Å². The van der Waals surface area contributed by atoms with E-state index in [9.17, 15) is 10.2 Å². The zero-order chi connectivity index (χ0) is 15.4. The zero-order valence-corrected chi connectivity index (χ0v) is 12.7. The molecule has 3 heteroatoms. The van der Waals surface area contributed by atoms with Crippen LogP contribution in [0.3, 0.4) is 0 Å². The summed E-state index contributed by atoms with van der Waals surface area (Å²) in [6.07, 6.45) is 2.86. The maximum atomic E-state index is 9.55. The van der Waals surface area contributed by atoms with E-state index in [-0.39, 0.29) is 11.5 Å². The molecule has 0 saturated carbocycles. The number of hydrogen-bond acceptors (Lipinski definition) is 3. The van der Waals surface area contributed by atoms with Gasteiger partial charge in [0.25, 0.3) is 0 Å². The first-order valence-electron chi connectivity index (χ1n) is 7.01. The van der Waals surface area contributed by atoms with Crippen LogP contribution < -0.4 is 4.90 Å². The maximum absolute atomic E-state index is 9.55. The van der Waals surface area contributed by atoms with Crippen molar-refractivity contribution in [3.63, 3.8) is 0 Å². The van der Waals surface area contributed by atoms with E-state index in [2.05, 4.69) is 36.1 Å². The summed E-state index contributed by atoms with van der Waals surface area (Å²) >= 11 is 0. The lowest BCUT2D eigenvalue weighted by Crippen LogP contribution is -2.08. The highest BCUT2D eigenvalue weighted by molar-refractivity contribution is 5.82. The Bertz CT molecular complexity index is 623. The lowest BCUT2D eigenvalue weighted by Gasteiger charge is -2.13. The van der Waals surface area contributed by atoms with Crippen LogP contribution in [0.2, 0.25) is 0 Å². The molecule has 0 amide bonds. The van der Waals surface area contributed by atoms with Gasteiger partial charge in [-0.3, -0.25) is 0 Å². The summed E-state index contributed by atoms with van der Waals surface area (Å²) in [6.45, 7) is 2.09. The SMILES string of the molecule is CC/C(=C\c1cc(O)cc(O)c1)c1ccc(N(C)C)cc1. The van der Waals surface area contributed by atoms with Crippen molar-refractivity contribution in [1.29, 1.82) is 0 Å². The minimum Gasteiger partial charge on any atom is -0.508 e. The molecule has 3 nitrogen and oxygen atoms in total. The van der Waals surface area contributed by atoms with Crippen molar-refractivity contribution in [2.24, 2.45) is 0 Å². The number of nitrogens with zero attached hydrogens (tertiary/aromatic N) is 1. The molecule has 0 fully saturated rings. The van der Waals surface area contributed by atoms with E-state index in [1.807, 2.05) is 20.2 Å². The van der Waals surface area contributed by atoms with E-state index in [4.69, 9.17) is 0 Å². The summed E-state index contributed by atoms with van der Waals surface area (Å²) < 4.78 is 0. The maximum Gasteiger partial charge on any atom is 0.119 e. The average molecular weight is 283 g/mol. The predicted molar refractivity (Wildman–Crippen MR) is 88.7 cm³/mol. The fourth-order valence-corrected chi connectivity index (χ4v) is 2.27. The van der Waals surface area contributed by atoms with Gasteiger partial charge >= 0.3 is 0 Å². The highest BCUT2D eigenvalue weighted by Gasteiger charge is 2.03. The highest BCUT2D eigenvalue weighted by Crippen LogP contribution is 2.27. The van der Waals surface area contributed by atoms with Gasteiger partial charge in [-0.2, -0.15) is 0 Å². The lowest BCUT2D eigenvalue weighted by atomic mass is 10.00. The number of hydrogen-bond donors (Lipinski definition) is 2. The third-order valence-corrected chi connectivity index (χ3v) is 3.40. The van der Waals surface area contributed by atoms with E-state index < -0.39 is 0 Å². The largest absolute Gasteiger partial charge is 0.508 e. The summed E-state index contributed by atoms with van der Waals surface area (Å²) in [4.78, 5) is 2.06. The normalized spacial score (nSPS) is 11.5. The number of rotatable bonds is 4. The fraction of sp³-hybridized carbons (Fsp3) is 0.222. The Morgan fingerprint density at radius 2 is 1.57 bits per heavy atom. The molecule has 0 spiro atoms. The summed E-state index contributed by atoms with van der Waals surface area (Å²) in [5, 5.41) is 19.1. The van der Waals surface area contributed by atoms with Gasteiger partial charge < -0.3 is 15.1 Å². The predicted octanol–water partition coefficient (Wildman–Crippen LogP) is 4.11. The summed E-state index contributed by atoms with van der Waals surface area (Å²) in [7, 11) is 4.03. The van der Waals surface area contributed by atoms with Crippen molar-refractivity contribution in [2.75, 3.05) is 19.0 Å². The van der Waals surface area contributed by atoms with Crippen molar-refractivity contribution in [3.05, 3.63) is 53.6 Å². The van der Waals surface area contributed by atoms with Crippen LogP contribution in [0.1, 0.15) is 24.5 Å². The molecule has 110 valence electrons. The molecule has 2 aromatic carbocycles. The molecule has 0 aromatic heterocycles. The first-order valence-corrected chi connectivity index (χ1v) is 7.01. The molecule has 2 aromatic rings. The van der Waals surface area contributed by atoms with Crippen molar-refractivity contribution in [3.8, 4) is 11.5 Å². The Kier molecular flexibility index (Phi) is 4.53. The fourth-order valence-electron chi connectivity index (χ4n) is 2.27. The van der Waals surface area contributed by atoms with Crippen LogP contribution in [0, 0.1) is 0 Å². The Labute approximate surface area is 125 Å². The van der Waals surface area contributed by atoms with Crippen molar-refractivity contribution >= 4 is 17.3 Å². The Morgan fingerprint density at radius 1 is 1.00 bits per heavy atom. The Morgan fingerprint density at radius 3 is 2.05 bits per heavy atom. The smallest absolute Gasteiger partial charge is 0.119 e. The van der Waals surface area contributed by atoms with Crippen LogP contribution in [0.4, 0.5) is 5.69 Å². The second kappa shape index (κ2) is 6.35. The van der Waals surface area contributed by atoms with Gasteiger partial charge in [0, 0.05) is 25.8 Å². The van der Waals surface area contributed by atoms with Gasteiger partial charge in [-0.05, 0) is 47.4 Å². The lowest BCUT2D eigenvalue weighted by molar-refractivity contribution is 0.450. The molecule has 0 unspecified atom stereocenters. The van der Waals surface area contributed by atoms with Crippen LogP contribution in [0.15, 0.2) is 42.5 Å². The van der Waals surface area contributed by atoms with Gasteiger partial charge in [0.05, 0.1) is 0 Å². The number of aromatic hydroxyl groups is 2. The van der Waals surface area contributed by atoms with Gasteiger partial charge in [0.2, 0.25) is 0 Å². The molecule has 0 aliphatic rings. The number of benzene rings is 2. The van der Waals surface area contributed by atoms with Crippen LogP contribution in [0.25, 0.3) is 11.6 Å². The van der Waals surface area contributed by atoms with Crippen molar-refractivity contribution < 1.29 is 10.2 Å². The second-order valence-electron chi connectivity index (χ2n) is 5.25. The first kappa shape index (κ1) is 15.0.